The number of imidazole rings is 1. The van der Waals surface area contributed by atoms with Crippen molar-refractivity contribution in [2.24, 2.45) is 0 Å². The van der Waals surface area contributed by atoms with Gasteiger partial charge in [-0.2, -0.15) is 0 Å². The summed E-state index contributed by atoms with van der Waals surface area (Å²) < 4.78 is 2.21. The molecule has 1 aliphatic rings. The number of hydrogen-bond acceptors (Lipinski definition) is 3. The first-order chi connectivity index (χ1) is 10.2. The van der Waals surface area contributed by atoms with E-state index in [0.29, 0.717) is 23.2 Å². The van der Waals surface area contributed by atoms with Gasteiger partial charge in [-0.05, 0) is 31.0 Å². The van der Waals surface area contributed by atoms with Gasteiger partial charge in [0.25, 0.3) is 5.91 Å². The highest BCUT2D eigenvalue weighted by atomic mass is 35.5. The van der Waals surface area contributed by atoms with E-state index in [1.165, 1.54) is 12.8 Å². The lowest BCUT2D eigenvalue weighted by atomic mass is 10.2. The zero-order chi connectivity index (χ0) is 14.8. The lowest BCUT2D eigenvalue weighted by molar-refractivity contribution is 0.0963. The van der Waals surface area contributed by atoms with Gasteiger partial charge in [0.1, 0.15) is 0 Å². The van der Waals surface area contributed by atoms with E-state index in [4.69, 9.17) is 11.6 Å². The summed E-state index contributed by atoms with van der Waals surface area (Å²) in [5.74, 6) is -0.188. The number of rotatable bonds is 5. The normalized spacial score (nSPS) is 14.0. The number of anilines is 1. The number of amides is 1. The van der Waals surface area contributed by atoms with E-state index in [0.717, 1.165) is 11.4 Å². The third kappa shape index (κ3) is 3.03. The van der Waals surface area contributed by atoms with Crippen LogP contribution in [0.15, 0.2) is 30.7 Å². The molecule has 3 rings (SSSR count). The quantitative estimate of drug-likeness (QED) is 0.893. The van der Waals surface area contributed by atoms with E-state index in [-0.39, 0.29) is 5.91 Å². The first kappa shape index (κ1) is 13.9. The largest absolute Gasteiger partial charge is 0.379 e. The molecule has 2 N–H and O–H groups in total. The SMILES string of the molecule is CNC(=O)c1cc(NCc2cncn2C2CC2)ccc1Cl. The van der Waals surface area contributed by atoms with E-state index < -0.39 is 0 Å². The average Bonchev–Trinajstić information content (AvgIpc) is 3.24. The summed E-state index contributed by atoms with van der Waals surface area (Å²) in [5.41, 5.74) is 2.48. The molecular formula is C15H17ClN4O. The third-order valence-corrected chi connectivity index (χ3v) is 3.93. The van der Waals surface area contributed by atoms with E-state index in [1.54, 1.807) is 19.2 Å². The molecule has 1 aromatic heterocycles. The fourth-order valence-electron chi connectivity index (χ4n) is 2.29. The van der Waals surface area contributed by atoms with Crippen LogP contribution in [0.25, 0.3) is 0 Å². The summed E-state index contributed by atoms with van der Waals surface area (Å²) in [4.78, 5) is 15.9. The van der Waals surface area contributed by atoms with Crippen molar-refractivity contribution >= 4 is 23.2 Å². The summed E-state index contributed by atoms with van der Waals surface area (Å²) in [5, 5.41) is 6.35. The maximum absolute atomic E-state index is 11.7. The second kappa shape index (κ2) is 5.77. The highest BCUT2D eigenvalue weighted by Gasteiger charge is 2.24. The zero-order valence-electron chi connectivity index (χ0n) is 11.8. The van der Waals surface area contributed by atoms with Gasteiger partial charge < -0.3 is 15.2 Å². The molecule has 0 radical (unpaired) electrons. The minimum Gasteiger partial charge on any atom is -0.379 e. The van der Waals surface area contributed by atoms with E-state index in [9.17, 15) is 4.79 Å². The molecule has 0 bridgehead atoms. The molecule has 6 heteroatoms. The van der Waals surface area contributed by atoms with Crippen molar-refractivity contribution in [1.29, 1.82) is 0 Å². The van der Waals surface area contributed by atoms with Crippen molar-refractivity contribution in [2.45, 2.75) is 25.4 Å². The number of nitrogens with zero attached hydrogens (tertiary/aromatic N) is 2. The Balaban J connectivity index is 1.73. The van der Waals surface area contributed by atoms with Gasteiger partial charge in [-0.15, -0.1) is 0 Å². The van der Waals surface area contributed by atoms with E-state index in [1.807, 2.05) is 18.6 Å². The van der Waals surface area contributed by atoms with E-state index in [2.05, 4.69) is 20.2 Å². The molecule has 1 aliphatic carbocycles. The number of benzene rings is 1. The standard InChI is InChI=1S/C15H17ClN4O/c1-17-15(21)13-6-10(2-5-14(13)16)19-8-12-7-18-9-20(12)11-3-4-11/h2,5-7,9,11,19H,3-4,8H2,1H3,(H,17,21). The molecule has 2 aromatic rings. The molecule has 1 amide bonds. The second-order valence-corrected chi connectivity index (χ2v) is 5.56. The molecule has 0 spiro atoms. The molecule has 1 fully saturated rings. The van der Waals surface area contributed by atoms with Gasteiger partial charge in [0.15, 0.2) is 0 Å². The number of halogens is 1. The fraction of sp³-hybridized carbons (Fsp3) is 0.333. The highest BCUT2D eigenvalue weighted by molar-refractivity contribution is 6.34. The lowest BCUT2D eigenvalue weighted by Gasteiger charge is -2.11. The van der Waals surface area contributed by atoms with Crippen LogP contribution in [0.3, 0.4) is 0 Å². The van der Waals surface area contributed by atoms with Crippen molar-refractivity contribution in [2.75, 3.05) is 12.4 Å². The Morgan fingerprint density at radius 3 is 3.00 bits per heavy atom. The van der Waals surface area contributed by atoms with Gasteiger partial charge in [0.2, 0.25) is 0 Å². The number of carbonyl (C=O) groups excluding carboxylic acids is 1. The van der Waals surface area contributed by atoms with Crippen molar-refractivity contribution in [1.82, 2.24) is 14.9 Å². The Morgan fingerprint density at radius 2 is 2.29 bits per heavy atom. The average molecular weight is 305 g/mol. The Hall–Kier alpha value is -2.01. The number of nitrogens with one attached hydrogen (secondary N) is 2. The molecular weight excluding hydrogens is 288 g/mol. The number of hydrogen-bond donors (Lipinski definition) is 2. The van der Waals surface area contributed by atoms with Crippen LogP contribution in [0.2, 0.25) is 5.02 Å². The molecule has 5 nitrogen and oxygen atoms in total. The van der Waals surface area contributed by atoms with Gasteiger partial charge in [-0.25, -0.2) is 4.98 Å². The summed E-state index contributed by atoms with van der Waals surface area (Å²) in [7, 11) is 1.59. The smallest absolute Gasteiger partial charge is 0.252 e. The molecule has 1 aromatic carbocycles. The van der Waals surface area contributed by atoms with Crippen LogP contribution >= 0.6 is 11.6 Å². The molecule has 21 heavy (non-hydrogen) atoms. The van der Waals surface area contributed by atoms with Crippen molar-refractivity contribution in [3.8, 4) is 0 Å². The monoisotopic (exact) mass is 304 g/mol. The molecule has 1 heterocycles. The molecule has 0 atom stereocenters. The zero-order valence-corrected chi connectivity index (χ0v) is 12.5. The Labute approximate surface area is 128 Å². The molecule has 0 saturated heterocycles. The van der Waals surface area contributed by atoms with Gasteiger partial charge in [0, 0.05) is 25.0 Å². The highest BCUT2D eigenvalue weighted by Crippen LogP contribution is 2.35. The van der Waals surface area contributed by atoms with Crippen LogP contribution in [0, 0.1) is 0 Å². The Bertz CT molecular complexity index is 663. The Kier molecular flexibility index (Phi) is 3.84. The topological polar surface area (TPSA) is 59.0 Å². The van der Waals surface area contributed by atoms with Crippen LogP contribution in [-0.2, 0) is 6.54 Å². The molecule has 0 unspecified atom stereocenters. The van der Waals surface area contributed by atoms with Crippen LogP contribution in [0.5, 0.6) is 0 Å². The van der Waals surface area contributed by atoms with Gasteiger partial charge in [0.05, 0.1) is 29.2 Å². The minimum absolute atomic E-state index is 0.188. The lowest BCUT2D eigenvalue weighted by Crippen LogP contribution is -2.18. The van der Waals surface area contributed by atoms with Gasteiger partial charge in [-0.3, -0.25) is 4.79 Å². The maximum Gasteiger partial charge on any atom is 0.252 e. The number of carbonyl (C=O) groups is 1. The second-order valence-electron chi connectivity index (χ2n) is 5.15. The number of aromatic nitrogens is 2. The minimum atomic E-state index is -0.188. The van der Waals surface area contributed by atoms with Crippen LogP contribution < -0.4 is 10.6 Å². The first-order valence-electron chi connectivity index (χ1n) is 6.95. The predicted octanol–water partition coefficient (Wildman–Crippen LogP) is 2.84. The predicted molar refractivity (Wildman–Crippen MR) is 82.7 cm³/mol. The molecule has 0 aliphatic heterocycles. The fourth-order valence-corrected chi connectivity index (χ4v) is 2.49. The Morgan fingerprint density at radius 1 is 1.48 bits per heavy atom. The summed E-state index contributed by atoms with van der Waals surface area (Å²) in [6.07, 6.45) is 6.21. The summed E-state index contributed by atoms with van der Waals surface area (Å²) >= 11 is 6.04. The van der Waals surface area contributed by atoms with Crippen molar-refractivity contribution in [3.63, 3.8) is 0 Å². The molecule has 110 valence electrons. The van der Waals surface area contributed by atoms with E-state index >= 15 is 0 Å². The maximum atomic E-state index is 11.7. The van der Waals surface area contributed by atoms with Crippen LogP contribution in [0.1, 0.15) is 34.9 Å². The first-order valence-corrected chi connectivity index (χ1v) is 7.33. The van der Waals surface area contributed by atoms with Crippen LogP contribution in [0.4, 0.5) is 5.69 Å². The van der Waals surface area contributed by atoms with Gasteiger partial charge >= 0.3 is 0 Å². The summed E-state index contributed by atoms with van der Waals surface area (Å²) in [6.45, 7) is 0.672. The van der Waals surface area contributed by atoms with Crippen LogP contribution in [-0.4, -0.2) is 22.5 Å². The van der Waals surface area contributed by atoms with Crippen molar-refractivity contribution < 1.29 is 4.79 Å². The molecule has 1 saturated carbocycles. The summed E-state index contributed by atoms with van der Waals surface area (Å²) in [6, 6.07) is 5.97. The third-order valence-electron chi connectivity index (χ3n) is 3.60. The van der Waals surface area contributed by atoms with Gasteiger partial charge in [-0.1, -0.05) is 11.6 Å². The van der Waals surface area contributed by atoms with Crippen molar-refractivity contribution in [3.05, 3.63) is 47.0 Å².